The van der Waals surface area contributed by atoms with Crippen molar-refractivity contribution in [2.24, 2.45) is 5.92 Å². The van der Waals surface area contributed by atoms with Gasteiger partial charge in [-0.25, -0.2) is 4.39 Å². The predicted octanol–water partition coefficient (Wildman–Crippen LogP) is 3.22. The first-order valence-electron chi connectivity index (χ1n) is 9.43. The number of aryl methyl sites for hydroxylation is 1. The standard InChI is InChI=1S/C22H23FN2O2/c1-15-2-4-17(5-3-15)21(26)24-10-12-25(13-11-24)22(27)20-14-19(20)16-6-8-18(23)9-7-16/h2-9,19-20H,10-14H2,1H3. The predicted molar refractivity (Wildman–Crippen MR) is 101 cm³/mol. The van der Waals surface area contributed by atoms with Gasteiger partial charge < -0.3 is 9.80 Å². The smallest absolute Gasteiger partial charge is 0.253 e. The number of carbonyl (C=O) groups is 2. The van der Waals surface area contributed by atoms with Crippen molar-refractivity contribution in [1.29, 1.82) is 0 Å². The highest BCUT2D eigenvalue weighted by Gasteiger charge is 2.46. The number of hydrogen-bond acceptors (Lipinski definition) is 2. The van der Waals surface area contributed by atoms with E-state index in [0.717, 1.165) is 17.5 Å². The van der Waals surface area contributed by atoms with Gasteiger partial charge in [0.15, 0.2) is 0 Å². The van der Waals surface area contributed by atoms with E-state index < -0.39 is 0 Å². The van der Waals surface area contributed by atoms with Crippen LogP contribution in [0.25, 0.3) is 0 Å². The zero-order chi connectivity index (χ0) is 19.0. The van der Waals surface area contributed by atoms with Gasteiger partial charge in [-0.15, -0.1) is 0 Å². The molecule has 0 bridgehead atoms. The molecule has 0 N–H and O–H groups in total. The number of hydrogen-bond donors (Lipinski definition) is 0. The monoisotopic (exact) mass is 366 g/mol. The SMILES string of the molecule is Cc1ccc(C(=O)N2CCN(C(=O)C3CC3c3ccc(F)cc3)CC2)cc1. The highest BCUT2D eigenvalue weighted by molar-refractivity contribution is 5.94. The van der Waals surface area contributed by atoms with Crippen LogP contribution in [0.5, 0.6) is 0 Å². The van der Waals surface area contributed by atoms with Crippen LogP contribution in [0, 0.1) is 18.7 Å². The molecule has 140 valence electrons. The zero-order valence-corrected chi connectivity index (χ0v) is 15.4. The molecule has 1 saturated carbocycles. The van der Waals surface area contributed by atoms with Gasteiger partial charge in [0, 0.05) is 37.7 Å². The lowest BCUT2D eigenvalue weighted by molar-refractivity contribution is -0.134. The van der Waals surface area contributed by atoms with Crippen molar-refractivity contribution >= 4 is 11.8 Å². The van der Waals surface area contributed by atoms with Crippen LogP contribution >= 0.6 is 0 Å². The summed E-state index contributed by atoms with van der Waals surface area (Å²) in [6, 6.07) is 14.0. The van der Waals surface area contributed by atoms with Gasteiger partial charge in [-0.2, -0.15) is 0 Å². The van der Waals surface area contributed by atoms with E-state index in [0.29, 0.717) is 31.7 Å². The summed E-state index contributed by atoms with van der Waals surface area (Å²) >= 11 is 0. The fourth-order valence-electron chi connectivity index (χ4n) is 3.79. The van der Waals surface area contributed by atoms with Crippen LogP contribution in [-0.4, -0.2) is 47.8 Å². The van der Waals surface area contributed by atoms with Gasteiger partial charge in [0.25, 0.3) is 5.91 Å². The number of piperazine rings is 1. The fraction of sp³-hybridized carbons (Fsp3) is 0.364. The van der Waals surface area contributed by atoms with E-state index in [1.165, 1.54) is 12.1 Å². The van der Waals surface area contributed by atoms with Crippen molar-refractivity contribution in [3.63, 3.8) is 0 Å². The number of rotatable bonds is 3. The lowest BCUT2D eigenvalue weighted by atomic mass is 10.1. The van der Waals surface area contributed by atoms with Crippen LogP contribution in [0.3, 0.4) is 0 Å². The molecule has 2 aliphatic rings. The highest BCUT2D eigenvalue weighted by atomic mass is 19.1. The maximum atomic E-state index is 13.1. The first kappa shape index (κ1) is 17.7. The molecule has 0 aromatic heterocycles. The molecule has 2 atom stereocenters. The Morgan fingerprint density at radius 1 is 0.889 bits per heavy atom. The Morgan fingerprint density at radius 2 is 1.48 bits per heavy atom. The van der Waals surface area contributed by atoms with Crippen molar-refractivity contribution < 1.29 is 14.0 Å². The Kier molecular flexibility index (Phi) is 4.68. The molecular weight excluding hydrogens is 343 g/mol. The van der Waals surface area contributed by atoms with E-state index in [1.807, 2.05) is 41.0 Å². The van der Waals surface area contributed by atoms with Crippen LogP contribution in [0.2, 0.25) is 0 Å². The average Bonchev–Trinajstić information content (AvgIpc) is 3.49. The first-order valence-corrected chi connectivity index (χ1v) is 9.43. The van der Waals surface area contributed by atoms with Crippen molar-refractivity contribution in [2.75, 3.05) is 26.2 Å². The molecule has 2 unspecified atom stereocenters. The van der Waals surface area contributed by atoms with Gasteiger partial charge in [-0.05, 0) is 49.1 Å². The average molecular weight is 366 g/mol. The third kappa shape index (κ3) is 3.72. The van der Waals surface area contributed by atoms with Crippen molar-refractivity contribution in [3.8, 4) is 0 Å². The molecule has 27 heavy (non-hydrogen) atoms. The van der Waals surface area contributed by atoms with E-state index in [9.17, 15) is 14.0 Å². The van der Waals surface area contributed by atoms with Gasteiger partial charge >= 0.3 is 0 Å². The Hall–Kier alpha value is -2.69. The normalized spacial score (nSPS) is 21.9. The molecule has 0 radical (unpaired) electrons. The number of amides is 2. The fourth-order valence-corrected chi connectivity index (χ4v) is 3.79. The summed E-state index contributed by atoms with van der Waals surface area (Å²) < 4.78 is 13.1. The molecule has 2 amide bonds. The second-order valence-electron chi connectivity index (χ2n) is 7.48. The van der Waals surface area contributed by atoms with Crippen LogP contribution in [-0.2, 0) is 4.79 Å². The minimum Gasteiger partial charge on any atom is -0.339 e. The van der Waals surface area contributed by atoms with E-state index >= 15 is 0 Å². The van der Waals surface area contributed by atoms with Gasteiger partial charge in [0.1, 0.15) is 5.82 Å². The van der Waals surface area contributed by atoms with E-state index in [2.05, 4.69) is 0 Å². The minimum atomic E-state index is -0.253. The largest absolute Gasteiger partial charge is 0.339 e. The second kappa shape index (κ2) is 7.14. The summed E-state index contributed by atoms with van der Waals surface area (Å²) in [5.41, 5.74) is 2.85. The molecule has 4 rings (SSSR count). The van der Waals surface area contributed by atoms with Gasteiger partial charge in [-0.1, -0.05) is 29.8 Å². The summed E-state index contributed by atoms with van der Waals surface area (Å²) in [4.78, 5) is 29.0. The van der Waals surface area contributed by atoms with Crippen molar-refractivity contribution in [1.82, 2.24) is 9.80 Å². The van der Waals surface area contributed by atoms with Gasteiger partial charge in [-0.3, -0.25) is 9.59 Å². The summed E-state index contributed by atoms with van der Waals surface area (Å²) in [7, 11) is 0. The lowest BCUT2D eigenvalue weighted by Gasteiger charge is -2.35. The summed E-state index contributed by atoms with van der Waals surface area (Å²) in [6.45, 7) is 4.26. The first-order chi connectivity index (χ1) is 13.0. The summed E-state index contributed by atoms with van der Waals surface area (Å²) in [6.07, 6.45) is 0.826. The van der Waals surface area contributed by atoms with Gasteiger partial charge in [0.2, 0.25) is 5.91 Å². The number of carbonyl (C=O) groups excluding carboxylic acids is 2. The number of benzene rings is 2. The molecule has 5 heteroatoms. The second-order valence-corrected chi connectivity index (χ2v) is 7.48. The molecule has 1 saturated heterocycles. The lowest BCUT2D eigenvalue weighted by Crippen LogP contribution is -2.51. The quantitative estimate of drug-likeness (QED) is 0.837. The van der Waals surface area contributed by atoms with E-state index in [4.69, 9.17) is 0 Å². The van der Waals surface area contributed by atoms with Crippen LogP contribution in [0.15, 0.2) is 48.5 Å². The summed E-state index contributed by atoms with van der Waals surface area (Å²) in [5, 5.41) is 0. The van der Waals surface area contributed by atoms with Crippen molar-refractivity contribution in [3.05, 3.63) is 71.0 Å². The Morgan fingerprint density at radius 3 is 2.11 bits per heavy atom. The van der Waals surface area contributed by atoms with Crippen LogP contribution in [0.4, 0.5) is 4.39 Å². The van der Waals surface area contributed by atoms with E-state index in [1.54, 1.807) is 12.1 Å². The maximum Gasteiger partial charge on any atom is 0.253 e. The molecule has 2 fully saturated rings. The Balaban J connectivity index is 1.31. The molecule has 2 aromatic rings. The molecule has 1 heterocycles. The molecular formula is C22H23FN2O2. The Bertz CT molecular complexity index is 840. The van der Waals surface area contributed by atoms with Crippen molar-refractivity contribution in [2.45, 2.75) is 19.3 Å². The third-order valence-electron chi connectivity index (χ3n) is 5.58. The molecule has 0 spiro atoms. The van der Waals surface area contributed by atoms with Crippen LogP contribution < -0.4 is 0 Å². The third-order valence-corrected chi connectivity index (χ3v) is 5.58. The topological polar surface area (TPSA) is 40.6 Å². The zero-order valence-electron chi connectivity index (χ0n) is 15.4. The minimum absolute atomic E-state index is 0.00480. The summed E-state index contributed by atoms with van der Waals surface area (Å²) in [5.74, 6) is 0.126. The van der Waals surface area contributed by atoms with Crippen LogP contribution in [0.1, 0.15) is 33.8 Å². The Labute approximate surface area is 158 Å². The molecule has 2 aromatic carbocycles. The highest BCUT2D eigenvalue weighted by Crippen LogP contribution is 2.48. The number of halogens is 1. The molecule has 1 aliphatic heterocycles. The molecule has 1 aliphatic carbocycles. The molecule has 4 nitrogen and oxygen atoms in total. The maximum absolute atomic E-state index is 13.1. The number of nitrogens with zero attached hydrogens (tertiary/aromatic N) is 2. The van der Waals surface area contributed by atoms with Gasteiger partial charge in [0.05, 0.1) is 0 Å². The van der Waals surface area contributed by atoms with E-state index in [-0.39, 0.29) is 29.5 Å².